The second kappa shape index (κ2) is 4.44. The molecule has 0 bridgehead atoms. The zero-order valence-corrected chi connectivity index (χ0v) is 14.3. The van der Waals surface area contributed by atoms with Crippen molar-refractivity contribution in [2.45, 2.75) is 67.2 Å². The van der Waals surface area contributed by atoms with Gasteiger partial charge in [0.2, 0.25) is 0 Å². The van der Waals surface area contributed by atoms with Gasteiger partial charge in [-0.25, -0.2) is 0 Å². The van der Waals surface area contributed by atoms with E-state index in [9.17, 15) is 4.79 Å². The number of Topliss-reactive ketones (excluding diaryl/α,β-unsaturated/α-hetero) is 1. The van der Waals surface area contributed by atoms with Gasteiger partial charge in [-0.2, -0.15) is 0 Å². The van der Waals surface area contributed by atoms with Crippen LogP contribution in [-0.4, -0.2) is 5.78 Å². The van der Waals surface area contributed by atoms with Crippen LogP contribution in [0.4, 0.5) is 0 Å². The summed E-state index contributed by atoms with van der Waals surface area (Å²) in [7, 11) is 0. The Kier molecular flexibility index (Phi) is 3.40. The van der Waals surface area contributed by atoms with E-state index in [1.165, 1.54) is 22.3 Å². The first-order chi connectivity index (χ1) is 9.00. The summed E-state index contributed by atoms with van der Waals surface area (Å²) < 4.78 is 0. The van der Waals surface area contributed by atoms with E-state index in [0.717, 1.165) is 12.0 Å². The lowest BCUT2D eigenvalue weighted by molar-refractivity contribution is 0.101. The molecule has 1 aromatic rings. The van der Waals surface area contributed by atoms with Crippen LogP contribution in [0.2, 0.25) is 0 Å². The highest BCUT2D eigenvalue weighted by molar-refractivity contribution is 5.96. The first-order valence-electron chi connectivity index (χ1n) is 7.64. The van der Waals surface area contributed by atoms with E-state index in [1.54, 1.807) is 6.92 Å². The van der Waals surface area contributed by atoms with Crippen molar-refractivity contribution in [3.05, 3.63) is 33.9 Å². The smallest absolute Gasteiger partial charge is 0.160 e. The lowest BCUT2D eigenvalue weighted by atomic mass is 9.54. The molecule has 0 aliphatic heterocycles. The summed E-state index contributed by atoms with van der Waals surface area (Å²) in [6.07, 6.45) is 1.11. The molecule has 1 aliphatic rings. The fourth-order valence-corrected chi connectivity index (χ4v) is 4.24. The molecule has 20 heavy (non-hydrogen) atoms. The number of hydrogen-bond acceptors (Lipinski definition) is 1. The predicted octanol–water partition coefficient (Wildman–Crippen LogP) is 5.00. The van der Waals surface area contributed by atoms with Gasteiger partial charge in [0.1, 0.15) is 0 Å². The van der Waals surface area contributed by atoms with Crippen molar-refractivity contribution >= 4 is 5.78 Å². The van der Waals surface area contributed by atoms with Crippen molar-refractivity contribution in [1.29, 1.82) is 0 Å². The molecule has 0 fully saturated rings. The number of carbonyl (C=O) groups is 1. The van der Waals surface area contributed by atoms with Crippen molar-refractivity contribution in [1.82, 2.24) is 0 Å². The number of fused-ring (bicyclic) bond motifs is 1. The van der Waals surface area contributed by atoms with Gasteiger partial charge in [0, 0.05) is 5.56 Å². The largest absolute Gasteiger partial charge is 0.295 e. The predicted molar refractivity (Wildman–Crippen MR) is 85.6 cm³/mol. The van der Waals surface area contributed by atoms with Gasteiger partial charge in [-0.3, -0.25) is 4.79 Å². The van der Waals surface area contributed by atoms with Gasteiger partial charge in [-0.1, -0.05) is 34.6 Å². The maximum atomic E-state index is 11.9. The van der Waals surface area contributed by atoms with Crippen LogP contribution in [-0.2, 0) is 11.8 Å². The lowest BCUT2D eigenvalue weighted by Crippen LogP contribution is -2.44. The molecule has 0 saturated heterocycles. The molecule has 1 heteroatoms. The molecule has 1 unspecified atom stereocenters. The van der Waals surface area contributed by atoms with Gasteiger partial charge < -0.3 is 0 Å². The van der Waals surface area contributed by atoms with Crippen LogP contribution in [0.5, 0.6) is 0 Å². The highest BCUT2D eigenvalue weighted by atomic mass is 16.1. The second-order valence-corrected chi connectivity index (χ2v) is 7.88. The van der Waals surface area contributed by atoms with Crippen molar-refractivity contribution in [3.63, 3.8) is 0 Å². The van der Waals surface area contributed by atoms with E-state index in [2.05, 4.69) is 54.5 Å². The zero-order chi connectivity index (χ0) is 15.5. The standard InChI is InChI=1S/C19H28O/c1-11-9-15(13(3)20)12(2)17-16(11)10-18(5,6)14(4)19(17,7)8/h9,14H,10H2,1-8H3. The fraction of sp³-hybridized carbons (Fsp3) is 0.632. The van der Waals surface area contributed by atoms with Crippen LogP contribution < -0.4 is 0 Å². The van der Waals surface area contributed by atoms with Gasteiger partial charge in [-0.05, 0) is 72.3 Å². The Labute approximate surface area is 123 Å². The highest BCUT2D eigenvalue weighted by Crippen LogP contribution is 2.52. The van der Waals surface area contributed by atoms with E-state index >= 15 is 0 Å². The molecule has 0 N–H and O–H groups in total. The maximum Gasteiger partial charge on any atom is 0.160 e. The summed E-state index contributed by atoms with van der Waals surface area (Å²) in [5, 5.41) is 0. The molecule has 0 radical (unpaired) electrons. The van der Waals surface area contributed by atoms with Gasteiger partial charge in [0.25, 0.3) is 0 Å². The Morgan fingerprint density at radius 2 is 1.75 bits per heavy atom. The molecule has 0 aromatic heterocycles. The molecule has 1 nitrogen and oxygen atoms in total. The molecule has 0 heterocycles. The van der Waals surface area contributed by atoms with Crippen LogP contribution in [0.1, 0.15) is 74.2 Å². The van der Waals surface area contributed by atoms with E-state index < -0.39 is 0 Å². The normalized spacial score (nSPS) is 23.3. The molecule has 1 aliphatic carbocycles. The molecular weight excluding hydrogens is 244 g/mol. The van der Waals surface area contributed by atoms with Crippen LogP contribution in [0, 0.1) is 25.2 Å². The zero-order valence-electron chi connectivity index (χ0n) is 14.3. The molecule has 2 rings (SSSR count). The van der Waals surface area contributed by atoms with Crippen LogP contribution in [0.15, 0.2) is 6.07 Å². The SMILES string of the molecule is CC(=O)c1cc(C)c2c(c1C)C(C)(C)C(C)C(C)(C)C2. The molecule has 110 valence electrons. The molecular formula is C19H28O. The van der Waals surface area contributed by atoms with Crippen molar-refractivity contribution in [2.75, 3.05) is 0 Å². The summed E-state index contributed by atoms with van der Waals surface area (Å²) in [4.78, 5) is 11.9. The van der Waals surface area contributed by atoms with Crippen LogP contribution in [0.3, 0.4) is 0 Å². The Morgan fingerprint density at radius 1 is 1.20 bits per heavy atom. The Morgan fingerprint density at radius 3 is 2.25 bits per heavy atom. The van der Waals surface area contributed by atoms with E-state index in [0.29, 0.717) is 11.3 Å². The van der Waals surface area contributed by atoms with Crippen molar-refractivity contribution in [3.8, 4) is 0 Å². The van der Waals surface area contributed by atoms with E-state index in [1.807, 2.05) is 0 Å². The number of aryl methyl sites for hydroxylation is 1. The quantitative estimate of drug-likeness (QED) is 0.657. The van der Waals surface area contributed by atoms with Gasteiger partial charge >= 0.3 is 0 Å². The minimum absolute atomic E-state index is 0.109. The third kappa shape index (κ3) is 2.03. The lowest BCUT2D eigenvalue weighted by Gasteiger charge is -2.50. The average molecular weight is 272 g/mol. The van der Waals surface area contributed by atoms with Gasteiger partial charge in [-0.15, -0.1) is 0 Å². The number of carbonyl (C=O) groups excluding carboxylic acids is 1. The Hall–Kier alpha value is -1.11. The van der Waals surface area contributed by atoms with Gasteiger partial charge in [0.15, 0.2) is 5.78 Å². The first kappa shape index (κ1) is 15.3. The summed E-state index contributed by atoms with van der Waals surface area (Å²) in [6.45, 7) is 17.7. The van der Waals surface area contributed by atoms with E-state index in [4.69, 9.17) is 0 Å². The Bertz CT molecular complexity index is 576. The van der Waals surface area contributed by atoms with Gasteiger partial charge in [0.05, 0.1) is 0 Å². The molecule has 1 atom stereocenters. The average Bonchev–Trinajstić information content (AvgIpc) is 2.30. The van der Waals surface area contributed by atoms with Crippen molar-refractivity contribution < 1.29 is 4.79 Å². The summed E-state index contributed by atoms with van der Waals surface area (Å²) in [6, 6.07) is 2.10. The summed E-state index contributed by atoms with van der Waals surface area (Å²) in [5.74, 6) is 0.768. The fourth-order valence-electron chi connectivity index (χ4n) is 4.24. The van der Waals surface area contributed by atoms with Crippen LogP contribution in [0.25, 0.3) is 0 Å². The number of rotatable bonds is 1. The molecule has 0 spiro atoms. The van der Waals surface area contributed by atoms with E-state index in [-0.39, 0.29) is 11.2 Å². The minimum atomic E-state index is 0.109. The second-order valence-electron chi connectivity index (χ2n) is 7.88. The molecule has 0 saturated carbocycles. The summed E-state index contributed by atoms with van der Waals surface area (Å²) in [5.41, 5.74) is 6.69. The maximum absolute atomic E-state index is 11.9. The third-order valence-corrected chi connectivity index (χ3v) is 5.83. The topological polar surface area (TPSA) is 17.1 Å². The number of hydrogen-bond donors (Lipinski definition) is 0. The number of benzene rings is 1. The molecule has 1 aromatic carbocycles. The summed E-state index contributed by atoms with van der Waals surface area (Å²) >= 11 is 0. The molecule has 0 amide bonds. The first-order valence-corrected chi connectivity index (χ1v) is 7.64. The highest BCUT2D eigenvalue weighted by Gasteiger charge is 2.45. The van der Waals surface area contributed by atoms with Crippen LogP contribution >= 0.6 is 0 Å². The Balaban J connectivity index is 2.82. The monoisotopic (exact) mass is 272 g/mol. The third-order valence-electron chi connectivity index (χ3n) is 5.83. The van der Waals surface area contributed by atoms with Crippen molar-refractivity contribution in [2.24, 2.45) is 11.3 Å². The number of ketones is 1. The minimum Gasteiger partial charge on any atom is -0.295 e.